The number of nitrogens with zero attached hydrogens (tertiary/aromatic N) is 3. The van der Waals surface area contributed by atoms with Gasteiger partial charge in [0.2, 0.25) is 0 Å². The number of para-hydroxylation sites is 3. The first-order valence-corrected chi connectivity index (χ1v) is 7.33. The molecule has 4 aromatic rings. The van der Waals surface area contributed by atoms with Crippen LogP contribution in [-0.2, 0) is 6.42 Å². The molecule has 0 spiro atoms. The Morgan fingerprint density at radius 1 is 0.773 bits per heavy atom. The molecule has 106 valence electrons. The SMILES string of the molecule is c1ccc(-n2c(Cc3ccccn3)nc3ccccc32)cc1. The van der Waals surface area contributed by atoms with E-state index in [2.05, 4.69) is 45.9 Å². The first kappa shape index (κ1) is 12.8. The van der Waals surface area contributed by atoms with Crippen LogP contribution in [-0.4, -0.2) is 14.5 Å². The third-order valence-electron chi connectivity index (χ3n) is 3.71. The summed E-state index contributed by atoms with van der Waals surface area (Å²) < 4.78 is 2.21. The maximum Gasteiger partial charge on any atom is 0.120 e. The summed E-state index contributed by atoms with van der Waals surface area (Å²) in [5.41, 5.74) is 4.29. The molecule has 0 saturated heterocycles. The standard InChI is InChI=1S/C19H15N3/c1-2-9-16(10-3-1)22-18-12-5-4-11-17(18)21-19(22)14-15-8-6-7-13-20-15/h1-13H,14H2. The first-order valence-electron chi connectivity index (χ1n) is 7.33. The van der Waals surface area contributed by atoms with Crippen molar-refractivity contribution in [2.45, 2.75) is 6.42 Å². The molecule has 0 bridgehead atoms. The van der Waals surface area contributed by atoms with Crippen molar-refractivity contribution >= 4 is 11.0 Å². The van der Waals surface area contributed by atoms with Gasteiger partial charge in [-0.15, -0.1) is 0 Å². The number of aromatic nitrogens is 3. The van der Waals surface area contributed by atoms with Crippen LogP contribution in [0.25, 0.3) is 16.7 Å². The van der Waals surface area contributed by atoms with Crippen molar-refractivity contribution in [2.24, 2.45) is 0 Å². The molecule has 3 heteroatoms. The summed E-state index contributed by atoms with van der Waals surface area (Å²) in [5.74, 6) is 1.01. The van der Waals surface area contributed by atoms with Crippen LogP contribution < -0.4 is 0 Å². The molecule has 0 N–H and O–H groups in total. The van der Waals surface area contributed by atoms with Gasteiger partial charge in [0, 0.05) is 24.0 Å². The Bertz CT molecular complexity index is 896. The summed E-state index contributed by atoms with van der Waals surface area (Å²) in [6, 6.07) is 24.6. The van der Waals surface area contributed by atoms with E-state index in [4.69, 9.17) is 4.98 Å². The number of imidazole rings is 1. The molecular formula is C19H15N3. The average molecular weight is 285 g/mol. The van der Waals surface area contributed by atoms with Crippen molar-refractivity contribution in [3.05, 3.63) is 90.5 Å². The van der Waals surface area contributed by atoms with Gasteiger partial charge in [-0.2, -0.15) is 0 Å². The fraction of sp³-hybridized carbons (Fsp3) is 0.0526. The smallest absolute Gasteiger partial charge is 0.120 e. The van der Waals surface area contributed by atoms with Crippen LogP contribution in [0.3, 0.4) is 0 Å². The fourth-order valence-corrected chi connectivity index (χ4v) is 2.72. The lowest BCUT2D eigenvalue weighted by molar-refractivity contribution is 0.908. The van der Waals surface area contributed by atoms with E-state index in [-0.39, 0.29) is 0 Å². The number of pyridine rings is 1. The van der Waals surface area contributed by atoms with Gasteiger partial charge in [-0.05, 0) is 36.4 Å². The van der Waals surface area contributed by atoms with Gasteiger partial charge in [-0.25, -0.2) is 4.98 Å². The Labute approximate surface area is 128 Å². The zero-order chi connectivity index (χ0) is 14.8. The average Bonchev–Trinajstić information content (AvgIpc) is 2.94. The number of hydrogen-bond acceptors (Lipinski definition) is 2. The second kappa shape index (κ2) is 5.45. The molecule has 2 aromatic carbocycles. The second-order valence-electron chi connectivity index (χ2n) is 5.19. The highest BCUT2D eigenvalue weighted by atomic mass is 15.1. The maximum atomic E-state index is 4.81. The number of fused-ring (bicyclic) bond motifs is 1. The summed E-state index contributed by atoms with van der Waals surface area (Å²) in [5, 5.41) is 0. The van der Waals surface area contributed by atoms with Gasteiger partial charge in [0.1, 0.15) is 5.82 Å². The predicted molar refractivity (Wildman–Crippen MR) is 88.1 cm³/mol. The van der Waals surface area contributed by atoms with Gasteiger partial charge in [0.05, 0.1) is 11.0 Å². The molecule has 0 aliphatic rings. The lowest BCUT2D eigenvalue weighted by Crippen LogP contribution is -2.03. The van der Waals surface area contributed by atoms with E-state index in [1.165, 1.54) is 0 Å². The highest BCUT2D eigenvalue weighted by molar-refractivity contribution is 5.78. The molecule has 0 unspecified atom stereocenters. The van der Waals surface area contributed by atoms with Crippen LogP contribution in [0.2, 0.25) is 0 Å². The molecule has 2 aromatic heterocycles. The van der Waals surface area contributed by atoms with Crippen LogP contribution in [0.15, 0.2) is 79.0 Å². The van der Waals surface area contributed by atoms with Crippen molar-refractivity contribution in [1.29, 1.82) is 0 Å². The predicted octanol–water partition coefficient (Wildman–Crippen LogP) is 4.01. The highest BCUT2D eigenvalue weighted by Crippen LogP contribution is 2.22. The molecule has 0 fully saturated rings. The van der Waals surface area contributed by atoms with Crippen molar-refractivity contribution in [2.75, 3.05) is 0 Å². The summed E-state index contributed by atoms with van der Waals surface area (Å²) in [7, 11) is 0. The Kier molecular flexibility index (Phi) is 3.16. The van der Waals surface area contributed by atoms with Gasteiger partial charge in [0.25, 0.3) is 0 Å². The van der Waals surface area contributed by atoms with Crippen molar-refractivity contribution in [3.8, 4) is 5.69 Å². The molecule has 0 atom stereocenters. The monoisotopic (exact) mass is 285 g/mol. The van der Waals surface area contributed by atoms with Crippen LogP contribution in [0.1, 0.15) is 11.5 Å². The van der Waals surface area contributed by atoms with Crippen LogP contribution in [0.4, 0.5) is 0 Å². The summed E-state index contributed by atoms with van der Waals surface area (Å²) in [6.45, 7) is 0. The van der Waals surface area contributed by atoms with Gasteiger partial charge >= 0.3 is 0 Å². The van der Waals surface area contributed by atoms with Gasteiger partial charge in [-0.3, -0.25) is 9.55 Å². The van der Waals surface area contributed by atoms with Crippen LogP contribution >= 0.6 is 0 Å². The van der Waals surface area contributed by atoms with E-state index in [9.17, 15) is 0 Å². The van der Waals surface area contributed by atoms with Crippen molar-refractivity contribution in [3.63, 3.8) is 0 Å². The van der Waals surface area contributed by atoms with E-state index in [1.807, 2.05) is 42.6 Å². The van der Waals surface area contributed by atoms with Crippen molar-refractivity contribution in [1.82, 2.24) is 14.5 Å². The normalized spacial score (nSPS) is 10.9. The maximum absolute atomic E-state index is 4.81. The number of hydrogen-bond donors (Lipinski definition) is 0. The van der Waals surface area contributed by atoms with E-state index >= 15 is 0 Å². The van der Waals surface area contributed by atoms with Gasteiger partial charge in [-0.1, -0.05) is 36.4 Å². The fourth-order valence-electron chi connectivity index (χ4n) is 2.72. The van der Waals surface area contributed by atoms with E-state index in [1.54, 1.807) is 0 Å². The van der Waals surface area contributed by atoms with Crippen LogP contribution in [0, 0.1) is 0 Å². The molecule has 4 rings (SSSR count). The quantitative estimate of drug-likeness (QED) is 0.569. The van der Waals surface area contributed by atoms with Gasteiger partial charge in [0.15, 0.2) is 0 Å². The lowest BCUT2D eigenvalue weighted by Gasteiger charge is -2.09. The summed E-state index contributed by atoms with van der Waals surface area (Å²) >= 11 is 0. The Morgan fingerprint density at radius 2 is 1.55 bits per heavy atom. The number of rotatable bonds is 3. The zero-order valence-corrected chi connectivity index (χ0v) is 12.1. The van der Waals surface area contributed by atoms with Crippen LogP contribution in [0.5, 0.6) is 0 Å². The van der Waals surface area contributed by atoms with E-state index in [0.29, 0.717) is 6.42 Å². The minimum atomic E-state index is 0.713. The topological polar surface area (TPSA) is 30.7 Å². The van der Waals surface area contributed by atoms with Gasteiger partial charge < -0.3 is 0 Å². The molecule has 0 saturated carbocycles. The molecule has 3 nitrogen and oxygen atoms in total. The van der Waals surface area contributed by atoms with E-state index in [0.717, 1.165) is 28.2 Å². The largest absolute Gasteiger partial charge is 0.296 e. The minimum absolute atomic E-state index is 0.713. The number of benzene rings is 2. The van der Waals surface area contributed by atoms with E-state index < -0.39 is 0 Å². The molecule has 0 aliphatic heterocycles. The van der Waals surface area contributed by atoms with Crippen molar-refractivity contribution < 1.29 is 0 Å². The molecule has 2 heterocycles. The molecule has 0 amide bonds. The Hall–Kier alpha value is -2.94. The Balaban J connectivity index is 1.90. The third-order valence-corrected chi connectivity index (χ3v) is 3.71. The molecular weight excluding hydrogens is 270 g/mol. The highest BCUT2D eigenvalue weighted by Gasteiger charge is 2.12. The molecule has 22 heavy (non-hydrogen) atoms. The summed E-state index contributed by atoms with van der Waals surface area (Å²) in [4.78, 5) is 9.23. The minimum Gasteiger partial charge on any atom is -0.296 e. The first-order chi connectivity index (χ1) is 10.9. The molecule has 0 aliphatic carbocycles. The molecule has 0 radical (unpaired) electrons. The third kappa shape index (κ3) is 2.27. The lowest BCUT2D eigenvalue weighted by atomic mass is 10.2. The Morgan fingerprint density at radius 3 is 2.36 bits per heavy atom. The zero-order valence-electron chi connectivity index (χ0n) is 12.1. The second-order valence-corrected chi connectivity index (χ2v) is 5.19. The summed E-state index contributed by atoms with van der Waals surface area (Å²) in [6.07, 6.45) is 2.54.